The van der Waals surface area contributed by atoms with Crippen molar-refractivity contribution < 1.29 is 4.79 Å². The number of amides is 1. The van der Waals surface area contributed by atoms with Gasteiger partial charge in [-0.25, -0.2) is 4.98 Å². The van der Waals surface area contributed by atoms with E-state index in [2.05, 4.69) is 4.90 Å². The molecule has 0 unspecified atom stereocenters. The van der Waals surface area contributed by atoms with E-state index in [-0.39, 0.29) is 11.5 Å². The molecule has 0 bridgehead atoms. The molecule has 0 N–H and O–H groups in total. The van der Waals surface area contributed by atoms with Gasteiger partial charge in [-0.1, -0.05) is 37.0 Å². The molecule has 0 atom stereocenters. The van der Waals surface area contributed by atoms with Gasteiger partial charge in [-0.15, -0.1) is 0 Å². The maximum atomic E-state index is 13.3. The molecule has 0 saturated carbocycles. The van der Waals surface area contributed by atoms with Gasteiger partial charge < -0.3 is 4.90 Å². The summed E-state index contributed by atoms with van der Waals surface area (Å²) in [4.78, 5) is 35.1. The van der Waals surface area contributed by atoms with E-state index < -0.39 is 0 Å². The molecule has 0 spiro atoms. The Morgan fingerprint density at radius 1 is 1.21 bits per heavy atom. The van der Waals surface area contributed by atoms with Crippen molar-refractivity contribution in [3.05, 3.63) is 45.2 Å². The summed E-state index contributed by atoms with van der Waals surface area (Å²) in [5.41, 5.74) is 0.915. The molecule has 2 aliphatic rings. The molecule has 2 saturated heterocycles. The van der Waals surface area contributed by atoms with E-state index in [1.165, 1.54) is 22.6 Å². The van der Waals surface area contributed by atoms with Crippen LogP contribution in [0.5, 0.6) is 0 Å². The Labute approximate surface area is 173 Å². The van der Waals surface area contributed by atoms with Crippen LogP contribution in [0.3, 0.4) is 0 Å². The van der Waals surface area contributed by atoms with Crippen molar-refractivity contribution in [2.75, 3.05) is 24.5 Å². The van der Waals surface area contributed by atoms with Crippen LogP contribution in [0, 0.1) is 0 Å². The van der Waals surface area contributed by atoms with Crippen LogP contribution in [0.4, 0.5) is 5.82 Å². The highest BCUT2D eigenvalue weighted by Crippen LogP contribution is 2.33. The highest BCUT2D eigenvalue weighted by molar-refractivity contribution is 8.26. The maximum Gasteiger partial charge on any atom is 0.267 e. The van der Waals surface area contributed by atoms with E-state index in [1.54, 1.807) is 23.2 Å². The molecule has 0 aromatic carbocycles. The second kappa shape index (κ2) is 8.05. The van der Waals surface area contributed by atoms with Crippen molar-refractivity contribution in [1.82, 2.24) is 14.3 Å². The fourth-order valence-corrected chi connectivity index (χ4v) is 4.90. The van der Waals surface area contributed by atoms with Crippen molar-refractivity contribution in [2.45, 2.75) is 32.6 Å². The summed E-state index contributed by atoms with van der Waals surface area (Å²) in [6.45, 7) is 4.34. The predicted molar refractivity (Wildman–Crippen MR) is 118 cm³/mol. The lowest BCUT2D eigenvalue weighted by molar-refractivity contribution is -0.122. The molecular weight excluding hydrogens is 392 g/mol. The predicted octanol–water partition coefficient (Wildman–Crippen LogP) is 3.30. The Balaban J connectivity index is 1.85. The third kappa shape index (κ3) is 3.46. The first-order valence-electron chi connectivity index (χ1n) is 9.62. The first-order valence-corrected chi connectivity index (χ1v) is 10.8. The number of rotatable bonds is 4. The number of carbonyl (C=O) groups is 1. The third-order valence-electron chi connectivity index (χ3n) is 5.00. The number of fused-ring (bicyclic) bond motifs is 1. The molecule has 4 rings (SSSR count). The Morgan fingerprint density at radius 3 is 2.75 bits per heavy atom. The van der Waals surface area contributed by atoms with Gasteiger partial charge in [-0.05, 0) is 43.9 Å². The summed E-state index contributed by atoms with van der Waals surface area (Å²) in [5.74, 6) is 0.538. The largest absolute Gasteiger partial charge is 0.356 e. The third-order valence-corrected chi connectivity index (χ3v) is 6.38. The minimum Gasteiger partial charge on any atom is -0.356 e. The second-order valence-corrected chi connectivity index (χ2v) is 8.64. The Morgan fingerprint density at radius 2 is 2.00 bits per heavy atom. The van der Waals surface area contributed by atoms with Gasteiger partial charge in [0.1, 0.15) is 15.8 Å². The van der Waals surface area contributed by atoms with Crippen molar-refractivity contribution in [1.29, 1.82) is 0 Å². The quantitative estimate of drug-likeness (QED) is 0.565. The molecule has 0 aliphatic carbocycles. The highest BCUT2D eigenvalue weighted by atomic mass is 32.2. The second-order valence-electron chi connectivity index (χ2n) is 6.96. The van der Waals surface area contributed by atoms with Gasteiger partial charge in [0, 0.05) is 25.8 Å². The molecule has 8 heteroatoms. The number of pyridine rings is 1. The number of thioether (sulfide) groups is 1. The average Bonchev–Trinajstić information content (AvgIpc) is 2.98. The lowest BCUT2D eigenvalue weighted by atomic mass is 10.1. The summed E-state index contributed by atoms with van der Waals surface area (Å²) in [6, 6.07) is 5.51. The first kappa shape index (κ1) is 19.1. The SMILES string of the molecule is CCCN1C(=O)/C(=C\c2c(N3CCCCC3)nc3ccccn3c2=O)SC1=S. The summed E-state index contributed by atoms with van der Waals surface area (Å²) in [6.07, 6.45) is 7.58. The maximum absolute atomic E-state index is 13.3. The molecule has 2 aliphatic heterocycles. The summed E-state index contributed by atoms with van der Waals surface area (Å²) >= 11 is 6.62. The zero-order chi connectivity index (χ0) is 19.7. The molecule has 2 fully saturated rings. The van der Waals surface area contributed by atoms with Crippen LogP contribution in [-0.2, 0) is 4.79 Å². The van der Waals surface area contributed by atoms with Crippen molar-refractivity contribution >= 4 is 51.7 Å². The van der Waals surface area contributed by atoms with E-state index in [9.17, 15) is 9.59 Å². The topological polar surface area (TPSA) is 57.9 Å². The van der Waals surface area contributed by atoms with Gasteiger partial charge in [0.25, 0.3) is 11.5 Å². The Bertz CT molecular complexity index is 1020. The molecule has 28 heavy (non-hydrogen) atoms. The molecule has 6 nitrogen and oxygen atoms in total. The fourth-order valence-electron chi connectivity index (χ4n) is 3.61. The lowest BCUT2D eigenvalue weighted by Gasteiger charge is -2.29. The van der Waals surface area contributed by atoms with Crippen molar-refractivity contribution in [3.8, 4) is 0 Å². The van der Waals surface area contributed by atoms with Crippen LogP contribution >= 0.6 is 24.0 Å². The normalized spacial score (nSPS) is 19.2. The van der Waals surface area contributed by atoms with Gasteiger partial charge in [-0.2, -0.15) is 0 Å². The van der Waals surface area contributed by atoms with Crippen molar-refractivity contribution in [3.63, 3.8) is 0 Å². The van der Waals surface area contributed by atoms with E-state index in [4.69, 9.17) is 17.2 Å². The smallest absolute Gasteiger partial charge is 0.267 e. The van der Waals surface area contributed by atoms with E-state index in [1.807, 2.05) is 19.1 Å². The number of thiocarbonyl (C=S) groups is 1. The summed E-state index contributed by atoms with van der Waals surface area (Å²) < 4.78 is 2.08. The van der Waals surface area contributed by atoms with Crippen LogP contribution in [0.25, 0.3) is 11.7 Å². The molecule has 1 amide bonds. The minimum absolute atomic E-state index is 0.126. The highest BCUT2D eigenvalue weighted by Gasteiger charge is 2.32. The standard InChI is InChI=1S/C20H22N4O2S2/c1-2-9-24-19(26)15(28-20(24)27)13-14-17(22-10-5-3-6-11-22)21-16-8-4-7-12-23(16)18(14)25/h4,7-8,12-13H,2-3,5-6,9-11H2,1H3/b15-13+. The van der Waals surface area contributed by atoms with Crippen molar-refractivity contribution in [2.24, 2.45) is 0 Å². The number of hydrogen-bond acceptors (Lipinski definition) is 6. The van der Waals surface area contributed by atoms with Gasteiger partial charge in [0.2, 0.25) is 0 Å². The zero-order valence-electron chi connectivity index (χ0n) is 15.8. The number of hydrogen-bond donors (Lipinski definition) is 0. The molecule has 146 valence electrons. The van der Waals surface area contributed by atoms with Gasteiger partial charge >= 0.3 is 0 Å². The molecule has 0 radical (unpaired) electrons. The molecule has 2 aromatic heterocycles. The Hall–Kier alpha value is -2.19. The first-order chi connectivity index (χ1) is 13.6. The van der Waals surface area contributed by atoms with E-state index in [0.29, 0.717) is 32.8 Å². The van der Waals surface area contributed by atoms with Gasteiger partial charge in [0.05, 0.1) is 10.5 Å². The number of carbonyl (C=O) groups excluding carboxylic acids is 1. The lowest BCUT2D eigenvalue weighted by Crippen LogP contribution is -2.33. The van der Waals surface area contributed by atoms with Gasteiger partial charge in [-0.3, -0.25) is 18.9 Å². The number of anilines is 1. The van der Waals surface area contributed by atoms with E-state index >= 15 is 0 Å². The van der Waals surface area contributed by atoms with E-state index in [0.717, 1.165) is 32.4 Å². The molecule has 2 aromatic rings. The number of aromatic nitrogens is 2. The Kier molecular flexibility index (Phi) is 5.50. The minimum atomic E-state index is -0.160. The zero-order valence-corrected chi connectivity index (χ0v) is 17.4. The fraction of sp³-hybridized carbons (Fsp3) is 0.400. The average molecular weight is 415 g/mol. The van der Waals surface area contributed by atoms with Crippen LogP contribution in [0.15, 0.2) is 34.1 Å². The van der Waals surface area contributed by atoms with Crippen LogP contribution in [0.1, 0.15) is 38.2 Å². The van der Waals surface area contributed by atoms with Crippen LogP contribution in [0.2, 0.25) is 0 Å². The summed E-state index contributed by atoms with van der Waals surface area (Å²) in [5, 5.41) is 0. The molecule has 4 heterocycles. The molecular formula is C20H22N4O2S2. The van der Waals surface area contributed by atoms with Crippen LogP contribution in [-0.4, -0.2) is 44.1 Å². The monoisotopic (exact) mass is 414 g/mol. The van der Waals surface area contributed by atoms with Crippen LogP contribution < -0.4 is 10.5 Å². The van der Waals surface area contributed by atoms with Gasteiger partial charge in [0.15, 0.2) is 0 Å². The summed E-state index contributed by atoms with van der Waals surface area (Å²) in [7, 11) is 0. The number of piperidine rings is 1. The number of nitrogens with zero attached hydrogens (tertiary/aromatic N) is 4.